The predicted octanol–water partition coefficient (Wildman–Crippen LogP) is 2.19. The minimum absolute atomic E-state index is 0.216. The smallest absolute Gasteiger partial charge is 0.336 e. The Labute approximate surface area is 161 Å². The Kier molecular flexibility index (Phi) is 5.15. The van der Waals surface area contributed by atoms with E-state index in [1.54, 1.807) is 6.07 Å². The maximum atomic E-state index is 14.4. The maximum absolute atomic E-state index is 14.4. The summed E-state index contributed by atoms with van der Waals surface area (Å²) in [4.78, 5) is 26.2. The van der Waals surface area contributed by atoms with Crippen LogP contribution in [-0.2, 0) is 20.9 Å². The molecule has 1 fully saturated rings. The van der Waals surface area contributed by atoms with Gasteiger partial charge in [0.05, 0.1) is 29.8 Å². The second kappa shape index (κ2) is 7.73. The van der Waals surface area contributed by atoms with Gasteiger partial charge < -0.3 is 18.8 Å². The third-order valence-corrected chi connectivity index (χ3v) is 5.06. The van der Waals surface area contributed by atoms with Crippen LogP contribution in [0, 0.1) is 12.7 Å². The predicted molar refractivity (Wildman–Crippen MR) is 98.9 cm³/mol. The second-order valence-corrected chi connectivity index (χ2v) is 6.82. The first-order valence-electron chi connectivity index (χ1n) is 9.27. The molecule has 148 valence electrons. The molecule has 0 N–H and O–H groups in total. The number of carbonyl (C=O) groups is 2. The van der Waals surface area contributed by atoms with Gasteiger partial charge in [-0.2, -0.15) is 0 Å². The number of carbonyl (C=O) groups excluding carboxylic acids is 2. The lowest BCUT2D eigenvalue weighted by molar-refractivity contribution is -0.131. The molecule has 4 rings (SSSR count). The van der Waals surface area contributed by atoms with Crippen LogP contribution >= 0.6 is 0 Å². The average molecular weight is 388 g/mol. The Morgan fingerprint density at radius 1 is 1.00 bits per heavy atom. The number of aryl methyl sites for hydroxylation is 1. The quantitative estimate of drug-likeness (QED) is 0.591. The molecule has 7 nitrogen and oxygen atoms in total. The summed E-state index contributed by atoms with van der Waals surface area (Å²) in [5.41, 5.74) is 1.34. The van der Waals surface area contributed by atoms with Gasteiger partial charge in [0.2, 0.25) is 0 Å². The van der Waals surface area contributed by atoms with Crippen LogP contribution in [-0.4, -0.2) is 54.3 Å². The van der Waals surface area contributed by atoms with Crippen molar-refractivity contribution in [3.05, 3.63) is 35.8 Å². The largest absolute Gasteiger partial charge is 0.421 e. The minimum Gasteiger partial charge on any atom is -0.421 e. The lowest BCUT2D eigenvalue weighted by Crippen LogP contribution is -2.37. The molecule has 0 unspecified atom stereocenters. The SMILES string of the molecule is Cc1c2c3c(c(F)ccc3n1CCCN1CCOCC1)OC(=O)/C=C\C(=O)O2. The third-order valence-electron chi connectivity index (χ3n) is 5.06. The highest BCUT2D eigenvalue weighted by atomic mass is 19.1. The number of benzene rings is 1. The molecule has 1 aromatic heterocycles. The van der Waals surface area contributed by atoms with E-state index in [1.165, 1.54) is 6.07 Å². The van der Waals surface area contributed by atoms with Gasteiger partial charge in [0.1, 0.15) is 0 Å². The van der Waals surface area contributed by atoms with Crippen molar-refractivity contribution in [2.75, 3.05) is 32.8 Å². The van der Waals surface area contributed by atoms with Gasteiger partial charge in [-0.25, -0.2) is 14.0 Å². The topological polar surface area (TPSA) is 70.0 Å². The maximum Gasteiger partial charge on any atom is 0.336 e. The Morgan fingerprint density at radius 3 is 2.39 bits per heavy atom. The number of halogens is 1. The Hall–Kier alpha value is -2.71. The van der Waals surface area contributed by atoms with E-state index in [0.717, 1.165) is 51.4 Å². The summed E-state index contributed by atoms with van der Waals surface area (Å²) in [7, 11) is 0. The summed E-state index contributed by atoms with van der Waals surface area (Å²) >= 11 is 0. The standard InChI is InChI=1S/C20H21FN2O5/c1-13-19-18-15(23(13)8-2-7-22-9-11-26-12-10-22)4-3-14(21)20(18)28-17(25)6-5-16(24)27-19/h3-6H,2,7-12H2,1H3/b6-5-. The molecule has 2 aromatic rings. The highest BCUT2D eigenvalue weighted by Crippen LogP contribution is 2.41. The number of nitrogens with zero attached hydrogens (tertiary/aromatic N) is 2. The number of ether oxygens (including phenoxy) is 3. The first-order valence-corrected chi connectivity index (χ1v) is 9.27. The fourth-order valence-electron chi connectivity index (χ4n) is 3.67. The Morgan fingerprint density at radius 2 is 1.68 bits per heavy atom. The normalized spacial score (nSPS) is 18.9. The van der Waals surface area contributed by atoms with Crippen LogP contribution in [0.5, 0.6) is 11.5 Å². The molecule has 8 heteroatoms. The number of esters is 2. The van der Waals surface area contributed by atoms with Gasteiger partial charge in [-0.15, -0.1) is 0 Å². The number of hydrogen-bond acceptors (Lipinski definition) is 6. The van der Waals surface area contributed by atoms with Crippen LogP contribution in [0.15, 0.2) is 24.3 Å². The van der Waals surface area contributed by atoms with Crippen molar-refractivity contribution in [1.29, 1.82) is 0 Å². The number of hydrogen-bond donors (Lipinski definition) is 0. The Bertz CT molecular complexity index is 959. The van der Waals surface area contributed by atoms with Crippen LogP contribution in [0.25, 0.3) is 10.9 Å². The zero-order valence-corrected chi connectivity index (χ0v) is 15.6. The summed E-state index contributed by atoms with van der Waals surface area (Å²) in [5.74, 6) is -2.20. The molecule has 1 saturated heterocycles. The fraction of sp³-hybridized carbons (Fsp3) is 0.400. The molecule has 2 aliphatic heterocycles. The zero-order chi connectivity index (χ0) is 19.7. The lowest BCUT2D eigenvalue weighted by atomic mass is 10.2. The summed E-state index contributed by atoms with van der Waals surface area (Å²) < 4.78 is 32.3. The van der Waals surface area contributed by atoms with E-state index in [-0.39, 0.29) is 11.5 Å². The van der Waals surface area contributed by atoms with Crippen molar-refractivity contribution in [3.8, 4) is 11.5 Å². The van der Waals surface area contributed by atoms with Crippen molar-refractivity contribution >= 4 is 22.8 Å². The molecule has 1 aromatic carbocycles. The van der Waals surface area contributed by atoms with E-state index in [2.05, 4.69) is 4.90 Å². The van der Waals surface area contributed by atoms with E-state index in [4.69, 9.17) is 14.2 Å². The lowest BCUT2D eigenvalue weighted by Gasteiger charge is -2.26. The van der Waals surface area contributed by atoms with Gasteiger partial charge >= 0.3 is 11.9 Å². The van der Waals surface area contributed by atoms with Crippen LogP contribution in [0.1, 0.15) is 12.1 Å². The zero-order valence-electron chi connectivity index (χ0n) is 15.6. The number of morpholine rings is 1. The molecule has 0 saturated carbocycles. The van der Waals surface area contributed by atoms with Crippen molar-refractivity contribution in [2.45, 2.75) is 19.9 Å². The molecule has 28 heavy (non-hydrogen) atoms. The van der Waals surface area contributed by atoms with E-state index < -0.39 is 17.8 Å². The molecule has 0 bridgehead atoms. The molecule has 2 aliphatic rings. The molecule has 0 radical (unpaired) electrons. The molecular weight excluding hydrogens is 367 g/mol. The Balaban J connectivity index is 1.69. The molecule has 0 spiro atoms. The van der Waals surface area contributed by atoms with Gasteiger partial charge in [-0.1, -0.05) is 0 Å². The van der Waals surface area contributed by atoms with E-state index in [9.17, 15) is 14.0 Å². The van der Waals surface area contributed by atoms with Crippen molar-refractivity contribution in [1.82, 2.24) is 9.47 Å². The van der Waals surface area contributed by atoms with Crippen LogP contribution in [0.3, 0.4) is 0 Å². The summed E-state index contributed by atoms with van der Waals surface area (Å²) in [6, 6.07) is 2.88. The number of aromatic nitrogens is 1. The van der Waals surface area contributed by atoms with E-state index >= 15 is 0 Å². The van der Waals surface area contributed by atoms with Crippen LogP contribution in [0.4, 0.5) is 4.39 Å². The fourth-order valence-corrected chi connectivity index (χ4v) is 3.67. The van der Waals surface area contributed by atoms with Crippen LogP contribution < -0.4 is 9.47 Å². The van der Waals surface area contributed by atoms with Crippen molar-refractivity contribution in [3.63, 3.8) is 0 Å². The van der Waals surface area contributed by atoms with Crippen molar-refractivity contribution in [2.24, 2.45) is 0 Å². The van der Waals surface area contributed by atoms with Crippen LogP contribution in [0.2, 0.25) is 0 Å². The summed E-state index contributed by atoms with van der Waals surface area (Å²) in [6.45, 7) is 6.68. The van der Waals surface area contributed by atoms with Gasteiger partial charge in [0.25, 0.3) is 0 Å². The third kappa shape index (κ3) is 3.53. The van der Waals surface area contributed by atoms with Crippen molar-refractivity contribution < 1.29 is 28.2 Å². The second-order valence-electron chi connectivity index (χ2n) is 6.82. The minimum atomic E-state index is -0.825. The van der Waals surface area contributed by atoms with E-state index in [1.807, 2.05) is 11.5 Å². The van der Waals surface area contributed by atoms with Gasteiger partial charge in [-0.3, -0.25) is 4.90 Å². The molecule has 0 atom stereocenters. The number of rotatable bonds is 4. The highest BCUT2D eigenvalue weighted by Gasteiger charge is 2.26. The molecule has 0 aliphatic carbocycles. The molecular formula is C20H21FN2O5. The van der Waals surface area contributed by atoms with E-state index in [0.29, 0.717) is 23.1 Å². The average Bonchev–Trinajstić information content (AvgIpc) is 2.97. The van der Waals surface area contributed by atoms with Gasteiger partial charge in [0, 0.05) is 38.3 Å². The monoisotopic (exact) mass is 388 g/mol. The highest BCUT2D eigenvalue weighted by molar-refractivity contribution is 6.02. The van der Waals surface area contributed by atoms with Gasteiger partial charge in [-0.05, 0) is 25.5 Å². The molecule has 3 heterocycles. The first-order chi connectivity index (χ1) is 13.5. The van der Waals surface area contributed by atoms with Gasteiger partial charge in [0.15, 0.2) is 17.3 Å². The molecule has 0 amide bonds. The first kappa shape index (κ1) is 18.6. The summed E-state index contributed by atoms with van der Waals surface area (Å²) in [5, 5.41) is 0.300. The summed E-state index contributed by atoms with van der Waals surface area (Å²) in [6.07, 6.45) is 2.77.